The Morgan fingerprint density at radius 2 is 1.82 bits per heavy atom. The van der Waals surface area contributed by atoms with E-state index in [2.05, 4.69) is 5.32 Å². The average Bonchev–Trinajstić information content (AvgIpc) is 2.86. The maximum atomic E-state index is 12.3. The molecule has 1 heterocycles. The van der Waals surface area contributed by atoms with Crippen molar-refractivity contribution in [2.75, 3.05) is 39.1 Å². The largest absolute Gasteiger partial charge is 0.497 e. The highest BCUT2D eigenvalue weighted by molar-refractivity contribution is 6.45. The van der Waals surface area contributed by atoms with Crippen molar-refractivity contribution >= 4 is 35.3 Å². The van der Waals surface area contributed by atoms with Gasteiger partial charge in [0.1, 0.15) is 12.3 Å². The van der Waals surface area contributed by atoms with E-state index in [1.54, 1.807) is 31.2 Å². The van der Waals surface area contributed by atoms with Crippen LogP contribution in [0.3, 0.4) is 0 Å². The third-order valence-corrected chi connectivity index (χ3v) is 4.04. The number of urea groups is 1. The highest BCUT2D eigenvalue weighted by Crippen LogP contribution is 2.16. The topological polar surface area (TPSA) is 116 Å². The molecule has 10 heteroatoms. The first kappa shape index (κ1) is 20.9. The second-order valence-corrected chi connectivity index (χ2v) is 6.16. The molecule has 10 nitrogen and oxygen atoms in total. The number of hydrogen-bond donors (Lipinski definition) is 1. The van der Waals surface area contributed by atoms with Gasteiger partial charge in [0.05, 0.1) is 13.7 Å². The Hall–Kier alpha value is -3.43. The number of hydrogen-bond acceptors (Lipinski definition) is 6. The number of rotatable bonds is 8. The number of likely N-dealkylation sites (N-methyl/N-ethyl adjacent to an activating group) is 1. The zero-order valence-corrected chi connectivity index (χ0v) is 15.9. The lowest BCUT2D eigenvalue weighted by Crippen LogP contribution is -2.44. The minimum absolute atomic E-state index is 0.104. The molecule has 28 heavy (non-hydrogen) atoms. The second-order valence-electron chi connectivity index (χ2n) is 6.16. The number of methoxy groups -OCH3 is 1. The van der Waals surface area contributed by atoms with E-state index in [1.807, 2.05) is 0 Å². The molecule has 0 radical (unpaired) electrons. The Bertz CT molecular complexity index is 809. The van der Waals surface area contributed by atoms with Gasteiger partial charge in [0.15, 0.2) is 0 Å². The second kappa shape index (κ2) is 8.98. The molecule has 1 aromatic rings. The standard InChI is InChI=1S/C18H22N4O6/c1-4-8-21-16(25)17(26)22(18(21)27)11-15(24)20(2)10-14(23)19-12-6-5-7-13(9-12)28-3/h5-7,9H,4,8,10-11H2,1-3H3,(H,19,23). The van der Waals surface area contributed by atoms with E-state index < -0.39 is 36.2 Å². The lowest BCUT2D eigenvalue weighted by molar-refractivity contribution is -0.145. The molecular weight excluding hydrogens is 368 g/mol. The molecule has 0 bridgehead atoms. The van der Waals surface area contributed by atoms with Gasteiger partial charge in [0.25, 0.3) is 0 Å². The van der Waals surface area contributed by atoms with Crippen LogP contribution in [-0.4, -0.2) is 78.2 Å². The van der Waals surface area contributed by atoms with Crippen molar-refractivity contribution in [3.05, 3.63) is 24.3 Å². The monoisotopic (exact) mass is 390 g/mol. The van der Waals surface area contributed by atoms with E-state index in [1.165, 1.54) is 14.2 Å². The summed E-state index contributed by atoms with van der Waals surface area (Å²) in [5.74, 6) is -2.53. The summed E-state index contributed by atoms with van der Waals surface area (Å²) in [6.45, 7) is 0.964. The molecule has 0 spiro atoms. The van der Waals surface area contributed by atoms with Crippen LogP contribution < -0.4 is 10.1 Å². The Balaban J connectivity index is 1.93. The molecule has 0 aliphatic carbocycles. The Morgan fingerprint density at radius 3 is 2.46 bits per heavy atom. The molecule has 1 aliphatic rings. The summed E-state index contributed by atoms with van der Waals surface area (Å²) in [7, 11) is 2.87. The van der Waals surface area contributed by atoms with Crippen LogP contribution in [0.15, 0.2) is 24.3 Å². The fraction of sp³-hybridized carbons (Fsp3) is 0.389. The van der Waals surface area contributed by atoms with Crippen molar-refractivity contribution in [3.8, 4) is 5.75 Å². The van der Waals surface area contributed by atoms with E-state index in [0.717, 1.165) is 9.80 Å². The van der Waals surface area contributed by atoms with Gasteiger partial charge in [0, 0.05) is 25.3 Å². The van der Waals surface area contributed by atoms with Gasteiger partial charge in [-0.3, -0.25) is 24.1 Å². The molecule has 1 fully saturated rings. The fourth-order valence-electron chi connectivity index (χ4n) is 2.57. The van der Waals surface area contributed by atoms with Gasteiger partial charge in [-0.1, -0.05) is 13.0 Å². The Morgan fingerprint density at radius 1 is 1.14 bits per heavy atom. The summed E-state index contributed by atoms with van der Waals surface area (Å²) >= 11 is 0. The lowest BCUT2D eigenvalue weighted by Gasteiger charge is -2.20. The normalized spacial score (nSPS) is 13.8. The molecule has 6 amide bonds. The first-order chi connectivity index (χ1) is 13.3. The van der Waals surface area contributed by atoms with Gasteiger partial charge in [-0.05, 0) is 18.6 Å². The third-order valence-electron chi connectivity index (χ3n) is 4.04. The van der Waals surface area contributed by atoms with E-state index in [-0.39, 0.29) is 13.1 Å². The molecule has 0 atom stereocenters. The van der Waals surface area contributed by atoms with Crippen LogP contribution >= 0.6 is 0 Å². The van der Waals surface area contributed by atoms with Crippen molar-refractivity contribution in [1.29, 1.82) is 0 Å². The van der Waals surface area contributed by atoms with Crippen LogP contribution in [0.1, 0.15) is 13.3 Å². The molecule has 1 N–H and O–H groups in total. The summed E-state index contributed by atoms with van der Waals surface area (Å²) in [6.07, 6.45) is 0.497. The van der Waals surface area contributed by atoms with Crippen LogP contribution in [0.25, 0.3) is 0 Å². The van der Waals surface area contributed by atoms with E-state index in [0.29, 0.717) is 22.8 Å². The average molecular weight is 390 g/mol. The van der Waals surface area contributed by atoms with Crippen LogP contribution in [0.2, 0.25) is 0 Å². The number of anilines is 1. The Kier molecular flexibility index (Phi) is 6.69. The van der Waals surface area contributed by atoms with Gasteiger partial charge in [-0.15, -0.1) is 0 Å². The van der Waals surface area contributed by atoms with Gasteiger partial charge in [-0.25, -0.2) is 9.69 Å². The fourth-order valence-corrected chi connectivity index (χ4v) is 2.57. The molecule has 1 saturated heterocycles. The van der Waals surface area contributed by atoms with Crippen LogP contribution in [-0.2, 0) is 19.2 Å². The summed E-state index contributed by atoms with van der Waals surface area (Å²) in [4.78, 5) is 62.8. The first-order valence-corrected chi connectivity index (χ1v) is 8.63. The van der Waals surface area contributed by atoms with E-state index in [9.17, 15) is 24.0 Å². The molecule has 1 aromatic carbocycles. The van der Waals surface area contributed by atoms with Crippen molar-refractivity contribution < 1.29 is 28.7 Å². The third kappa shape index (κ3) is 4.64. The number of nitrogens with one attached hydrogen (secondary N) is 1. The molecule has 0 saturated carbocycles. The van der Waals surface area contributed by atoms with Crippen LogP contribution in [0.5, 0.6) is 5.75 Å². The van der Waals surface area contributed by atoms with Gasteiger partial charge >= 0.3 is 17.8 Å². The molecule has 0 unspecified atom stereocenters. The molecule has 150 valence electrons. The smallest absolute Gasteiger partial charge is 0.334 e. The minimum Gasteiger partial charge on any atom is -0.497 e. The summed E-state index contributed by atoms with van der Waals surface area (Å²) in [5.41, 5.74) is 0.496. The number of imide groups is 2. The number of benzene rings is 1. The summed E-state index contributed by atoms with van der Waals surface area (Å²) in [6, 6.07) is 5.89. The van der Waals surface area contributed by atoms with Crippen molar-refractivity contribution in [2.45, 2.75) is 13.3 Å². The molecule has 2 rings (SSSR count). The lowest BCUT2D eigenvalue weighted by atomic mass is 10.3. The number of carbonyl (C=O) groups is 5. The van der Waals surface area contributed by atoms with Gasteiger partial charge < -0.3 is 15.0 Å². The molecule has 1 aliphatic heterocycles. The van der Waals surface area contributed by atoms with Gasteiger partial charge in [0.2, 0.25) is 11.8 Å². The van der Waals surface area contributed by atoms with Crippen LogP contribution in [0.4, 0.5) is 10.5 Å². The zero-order valence-electron chi connectivity index (χ0n) is 15.9. The van der Waals surface area contributed by atoms with E-state index in [4.69, 9.17) is 4.74 Å². The molecular formula is C18H22N4O6. The minimum atomic E-state index is -1.04. The summed E-state index contributed by atoms with van der Waals surface area (Å²) < 4.78 is 5.07. The highest BCUT2D eigenvalue weighted by Gasteiger charge is 2.44. The van der Waals surface area contributed by atoms with Crippen LogP contribution in [0, 0.1) is 0 Å². The quantitative estimate of drug-likeness (QED) is 0.504. The predicted molar refractivity (Wildman–Crippen MR) is 98.4 cm³/mol. The summed E-state index contributed by atoms with van der Waals surface area (Å²) in [5, 5.41) is 2.62. The number of nitrogens with zero attached hydrogens (tertiary/aromatic N) is 3. The number of amides is 6. The molecule has 0 aromatic heterocycles. The Labute approximate surface area is 162 Å². The van der Waals surface area contributed by atoms with E-state index >= 15 is 0 Å². The van der Waals surface area contributed by atoms with Crippen molar-refractivity contribution in [2.24, 2.45) is 0 Å². The maximum absolute atomic E-state index is 12.3. The number of ether oxygens (including phenoxy) is 1. The zero-order chi connectivity index (χ0) is 20.8. The SMILES string of the molecule is CCCN1C(=O)C(=O)N(CC(=O)N(C)CC(=O)Nc2cccc(OC)c2)C1=O. The number of carbonyl (C=O) groups excluding carboxylic acids is 5. The first-order valence-electron chi connectivity index (χ1n) is 8.63. The maximum Gasteiger partial charge on any atom is 0.334 e. The van der Waals surface area contributed by atoms with Crippen molar-refractivity contribution in [3.63, 3.8) is 0 Å². The van der Waals surface area contributed by atoms with Crippen molar-refractivity contribution in [1.82, 2.24) is 14.7 Å². The predicted octanol–water partition coefficient (Wildman–Crippen LogP) is 0.293. The van der Waals surface area contributed by atoms with Gasteiger partial charge in [-0.2, -0.15) is 0 Å². The highest BCUT2D eigenvalue weighted by atomic mass is 16.5.